The predicted octanol–water partition coefficient (Wildman–Crippen LogP) is 1.59. The van der Waals surface area contributed by atoms with Crippen LogP contribution in [0.3, 0.4) is 0 Å². The summed E-state index contributed by atoms with van der Waals surface area (Å²) >= 11 is 0. The molecule has 1 unspecified atom stereocenters. The van der Waals surface area contributed by atoms with Crippen LogP contribution in [0.2, 0.25) is 0 Å². The minimum absolute atomic E-state index is 0.00203. The zero-order chi connectivity index (χ0) is 15.6. The maximum absolute atomic E-state index is 14.0. The van der Waals surface area contributed by atoms with Crippen molar-refractivity contribution in [3.05, 3.63) is 34.9 Å². The fourth-order valence-corrected chi connectivity index (χ4v) is 2.23. The molecule has 2 rings (SSSR count). The van der Waals surface area contributed by atoms with Crippen molar-refractivity contribution < 1.29 is 28.2 Å². The number of carboxylic acid groups (broad SMARTS) is 1. The van der Waals surface area contributed by atoms with Gasteiger partial charge in [0.1, 0.15) is 17.2 Å². The van der Waals surface area contributed by atoms with Gasteiger partial charge in [0.15, 0.2) is 0 Å². The molecule has 1 amide bonds. The minimum Gasteiger partial charge on any atom is -0.481 e. The van der Waals surface area contributed by atoms with Crippen LogP contribution in [0.5, 0.6) is 0 Å². The number of morpholine rings is 1. The number of aliphatic carboxylic acids is 1. The van der Waals surface area contributed by atoms with Crippen LogP contribution in [0, 0.1) is 18.6 Å². The Morgan fingerprint density at radius 1 is 1.43 bits per heavy atom. The zero-order valence-corrected chi connectivity index (χ0v) is 11.4. The molecule has 1 aromatic carbocycles. The molecule has 0 saturated carbocycles. The fraction of sp³-hybridized carbons (Fsp3) is 0.429. The summed E-state index contributed by atoms with van der Waals surface area (Å²) < 4.78 is 32.9. The van der Waals surface area contributed by atoms with Crippen LogP contribution < -0.4 is 0 Å². The highest BCUT2D eigenvalue weighted by atomic mass is 19.1. The largest absolute Gasteiger partial charge is 0.481 e. The van der Waals surface area contributed by atoms with Crippen molar-refractivity contribution in [2.24, 2.45) is 0 Å². The Balaban J connectivity index is 2.20. The molecular formula is C14H15F2NO4. The highest BCUT2D eigenvalue weighted by Crippen LogP contribution is 2.20. The summed E-state index contributed by atoms with van der Waals surface area (Å²) in [5, 5.41) is 8.73. The van der Waals surface area contributed by atoms with Gasteiger partial charge in [-0.1, -0.05) is 6.07 Å². The SMILES string of the molecule is Cc1ccc(F)c(C(=O)N2CCOC(CC(=O)O)C2)c1F. The van der Waals surface area contributed by atoms with Gasteiger partial charge in [-0.25, -0.2) is 8.78 Å². The third-order valence-electron chi connectivity index (χ3n) is 3.33. The topological polar surface area (TPSA) is 66.8 Å². The summed E-state index contributed by atoms with van der Waals surface area (Å²) in [5.41, 5.74) is -0.430. The van der Waals surface area contributed by atoms with E-state index in [1.165, 1.54) is 17.9 Å². The maximum Gasteiger partial charge on any atom is 0.306 e. The lowest BCUT2D eigenvalue weighted by molar-refractivity contribution is -0.141. The summed E-state index contributed by atoms with van der Waals surface area (Å²) in [4.78, 5) is 24.2. The second kappa shape index (κ2) is 6.17. The first kappa shape index (κ1) is 15.4. The molecule has 1 heterocycles. The number of halogens is 2. The van der Waals surface area contributed by atoms with Crippen molar-refractivity contribution in [1.29, 1.82) is 0 Å². The quantitative estimate of drug-likeness (QED) is 0.920. The average Bonchev–Trinajstić information content (AvgIpc) is 2.43. The van der Waals surface area contributed by atoms with Crippen molar-refractivity contribution >= 4 is 11.9 Å². The molecule has 0 radical (unpaired) electrons. The van der Waals surface area contributed by atoms with Gasteiger partial charge in [0.05, 0.1) is 19.1 Å². The maximum atomic E-state index is 14.0. The van der Waals surface area contributed by atoms with Crippen LogP contribution in [0.25, 0.3) is 0 Å². The van der Waals surface area contributed by atoms with E-state index in [0.717, 1.165) is 6.07 Å². The lowest BCUT2D eigenvalue weighted by Crippen LogP contribution is -2.46. The molecule has 5 nitrogen and oxygen atoms in total. The lowest BCUT2D eigenvalue weighted by atomic mass is 10.1. The van der Waals surface area contributed by atoms with Crippen LogP contribution >= 0.6 is 0 Å². The van der Waals surface area contributed by atoms with Gasteiger partial charge < -0.3 is 14.7 Å². The molecule has 1 atom stereocenters. The summed E-state index contributed by atoms with van der Waals surface area (Å²) in [6.45, 7) is 1.75. The molecule has 7 heteroatoms. The zero-order valence-electron chi connectivity index (χ0n) is 11.4. The van der Waals surface area contributed by atoms with Crippen LogP contribution in [0.1, 0.15) is 22.3 Å². The van der Waals surface area contributed by atoms with E-state index in [2.05, 4.69) is 0 Å². The monoisotopic (exact) mass is 299 g/mol. The number of ether oxygens (including phenoxy) is 1. The Hall–Kier alpha value is -2.02. The Morgan fingerprint density at radius 2 is 2.14 bits per heavy atom. The minimum atomic E-state index is -1.05. The molecule has 114 valence electrons. The predicted molar refractivity (Wildman–Crippen MR) is 69.0 cm³/mol. The number of hydrogen-bond donors (Lipinski definition) is 1. The standard InChI is InChI=1S/C14H15F2NO4/c1-8-2-3-10(15)12(13(8)16)14(20)17-4-5-21-9(7-17)6-11(18)19/h2-3,9H,4-7H2,1H3,(H,18,19). The number of carboxylic acids is 1. The molecule has 0 bridgehead atoms. The number of nitrogens with zero attached hydrogens (tertiary/aromatic N) is 1. The third-order valence-corrected chi connectivity index (χ3v) is 3.33. The number of amides is 1. The van der Waals surface area contributed by atoms with Crippen LogP contribution in [0.15, 0.2) is 12.1 Å². The summed E-state index contributed by atoms with van der Waals surface area (Å²) in [5.74, 6) is -3.65. The van der Waals surface area contributed by atoms with E-state index in [0.29, 0.717) is 0 Å². The smallest absolute Gasteiger partial charge is 0.306 e. The normalized spacial score (nSPS) is 18.6. The molecule has 1 aliphatic rings. The van der Waals surface area contributed by atoms with Crippen LogP contribution in [-0.2, 0) is 9.53 Å². The van der Waals surface area contributed by atoms with E-state index in [-0.39, 0.29) is 31.7 Å². The molecule has 0 aromatic heterocycles. The molecule has 1 fully saturated rings. The Bertz CT molecular complexity index is 576. The first-order chi connectivity index (χ1) is 9.90. The van der Waals surface area contributed by atoms with Crippen molar-refractivity contribution in [2.75, 3.05) is 19.7 Å². The first-order valence-electron chi connectivity index (χ1n) is 6.47. The summed E-state index contributed by atoms with van der Waals surface area (Å²) in [6.07, 6.45) is -0.932. The molecular weight excluding hydrogens is 284 g/mol. The Kier molecular flexibility index (Phi) is 4.52. The Labute approximate surface area is 120 Å². The highest BCUT2D eigenvalue weighted by Gasteiger charge is 2.30. The second-order valence-corrected chi connectivity index (χ2v) is 4.90. The molecule has 1 saturated heterocycles. The van der Waals surface area contributed by atoms with Gasteiger partial charge in [-0.3, -0.25) is 9.59 Å². The van der Waals surface area contributed by atoms with Crippen molar-refractivity contribution in [3.8, 4) is 0 Å². The fourth-order valence-electron chi connectivity index (χ4n) is 2.23. The van der Waals surface area contributed by atoms with E-state index in [1.54, 1.807) is 0 Å². The third kappa shape index (κ3) is 3.36. The number of rotatable bonds is 3. The molecule has 1 aliphatic heterocycles. The van der Waals surface area contributed by atoms with Crippen LogP contribution in [0.4, 0.5) is 8.78 Å². The molecule has 1 aromatic rings. The number of carbonyl (C=O) groups is 2. The van der Waals surface area contributed by atoms with Crippen molar-refractivity contribution in [2.45, 2.75) is 19.4 Å². The number of carbonyl (C=O) groups excluding carboxylic acids is 1. The van der Waals surface area contributed by atoms with E-state index in [4.69, 9.17) is 9.84 Å². The van der Waals surface area contributed by atoms with Gasteiger partial charge in [-0.15, -0.1) is 0 Å². The van der Waals surface area contributed by atoms with Gasteiger partial charge in [0, 0.05) is 13.1 Å². The van der Waals surface area contributed by atoms with Gasteiger partial charge in [0.25, 0.3) is 5.91 Å². The number of hydrogen-bond acceptors (Lipinski definition) is 3. The van der Waals surface area contributed by atoms with E-state index in [1.807, 2.05) is 0 Å². The van der Waals surface area contributed by atoms with Gasteiger partial charge in [0.2, 0.25) is 0 Å². The highest BCUT2D eigenvalue weighted by molar-refractivity contribution is 5.95. The van der Waals surface area contributed by atoms with Crippen molar-refractivity contribution in [3.63, 3.8) is 0 Å². The van der Waals surface area contributed by atoms with Crippen LogP contribution in [-0.4, -0.2) is 47.7 Å². The van der Waals surface area contributed by atoms with E-state index < -0.39 is 35.2 Å². The Morgan fingerprint density at radius 3 is 2.81 bits per heavy atom. The molecule has 0 spiro atoms. The second-order valence-electron chi connectivity index (χ2n) is 4.90. The lowest BCUT2D eigenvalue weighted by Gasteiger charge is -2.32. The summed E-state index contributed by atoms with van der Waals surface area (Å²) in [7, 11) is 0. The molecule has 21 heavy (non-hydrogen) atoms. The first-order valence-corrected chi connectivity index (χ1v) is 6.47. The van der Waals surface area contributed by atoms with E-state index >= 15 is 0 Å². The molecule has 0 aliphatic carbocycles. The van der Waals surface area contributed by atoms with Gasteiger partial charge in [-0.2, -0.15) is 0 Å². The van der Waals surface area contributed by atoms with Crippen molar-refractivity contribution in [1.82, 2.24) is 4.90 Å². The number of aryl methyl sites for hydroxylation is 1. The summed E-state index contributed by atoms with van der Waals surface area (Å²) in [6, 6.07) is 2.30. The van der Waals surface area contributed by atoms with Gasteiger partial charge in [-0.05, 0) is 18.6 Å². The average molecular weight is 299 g/mol. The van der Waals surface area contributed by atoms with E-state index in [9.17, 15) is 18.4 Å². The van der Waals surface area contributed by atoms with Gasteiger partial charge >= 0.3 is 5.97 Å². The number of benzene rings is 1. The molecule has 1 N–H and O–H groups in total.